The van der Waals surface area contributed by atoms with Gasteiger partial charge in [-0.25, -0.2) is 0 Å². The molecule has 0 fully saturated rings. The number of nitrogens with one attached hydrogen (secondary N) is 1. The van der Waals surface area contributed by atoms with Crippen molar-refractivity contribution in [2.45, 2.75) is 6.10 Å². The van der Waals surface area contributed by atoms with Gasteiger partial charge in [0.05, 0.1) is 6.10 Å². The first kappa shape index (κ1) is 10.5. The molecule has 0 heterocycles. The van der Waals surface area contributed by atoms with Gasteiger partial charge in [-0.05, 0) is 24.7 Å². The van der Waals surface area contributed by atoms with E-state index in [1.54, 1.807) is 7.11 Å². The molecule has 13 heavy (non-hydrogen) atoms. The molecule has 0 aromatic heterocycles. The topological polar surface area (TPSA) is 21.3 Å². The summed E-state index contributed by atoms with van der Waals surface area (Å²) in [6.07, 6.45) is 0.0993. The van der Waals surface area contributed by atoms with Crippen LogP contribution in [-0.4, -0.2) is 20.7 Å². The van der Waals surface area contributed by atoms with Crippen LogP contribution >= 0.6 is 11.6 Å². The molecule has 0 aliphatic rings. The van der Waals surface area contributed by atoms with Gasteiger partial charge >= 0.3 is 0 Å². The number of rotatable bonds is 4. The lowest BCUT2D eigenvalue weighted by molar-refractivity contribution is 0.104. The van der Waals surface area contributed by atoms with Crippen LogP contribution in [0.1, 0.15) is 11.7 Å². The van der Waals surface area contributed by atoms with Gasteiger partial charge in [0.25, 0.3) is 0 Å². The lowest BCUT2D eigenvalue weighted by Crippen LogP contribution is -2.18. The molecule has 1 atom stereocenters. The fourth-order valence-corrected chi connectivity index (χ4v) is 1.33. The van der Waals surface area contributed by atoms with Gasteiger partial charge in [-0.1, -0.05) is 23.7 Å². The predicted molar refractivity (Wildman–Crippen MR) is 55.1 cm³/mol. The first-order chi connectivity index (χ1) is 6.27. The minimum absolute atomic E-state index is 0.0993. The predicted octanol–water partition coefficient (Wildman–Crippen LogP) is 2.25. The zero-order valence-electron chi connectivity index (χ0n) is 7.88. The van der Waals surface area contributed by atoms with Crippen LogP contribution in [0.15, 0.2) is 24.3 Å². The quantitative estimate of drug-likeness (QED) is 0.803. The van der Waals surface area contributed by atoms with Gasteiger partial charge < -0.3 is 10.1 Å². The van der Waals surface area contributed by atoms with Crippen molar-refractivity contribution in [2.24, 2.45) is 0 Å². The molecule has 0 amide bonds. The molecule has 1 aromatic carbocycles. The van der Waals surface area contributed by atoms with E-state index in [4.69, 9.17) is 16.3 Å². The van der Waals surface area contributed by atoms with Gasteiger partial charge in [-0.3, -0.25) is 0 Å². The average Bonchev–Trinajstić information content (AvgIpc) is 2.16. The fourth-order valence-electron chi connectivity index (χ4n) is 1.20. The summed E-state index contributed by atoms with van der Waals surface area (Å²) in [6.45, 7) is 0.804. The van der Waals surface area contributed by atoms with Gasteiger partial charge in [0.15, 0.2) is 0 Å². The molecular weight excluding hydrogens is 186 g/mol. The van der Waals surface area contributed by atoms with E-state index in [9.17, 15) is 0 Å². The van der Waals surface area contributed by atoms with Gasteiger partial charge in [-0.2, -0.15) is 0 Å². The number of likely N-dealkylation sites (N-methyl/N-ethyl adjacent to an activating group) is 1. The Morgan fingerprint density at radius 3 is 2.46 bits per heavy atom. The van der Waals surface area contributed by atoms with Crippen LogP contribution in [0.25, 0.3) is 0 Å². The van der Waals surface area contributed by atoms with Gasteiger partial charge in [0.1, 0.15) is 0 Å². The Labute approximate surface area is 83.9 Å². The molecule has 0 spiro atoms. The van der Waals surface area contributed by atoms with E-state index in [2.05, 4.69) is 5.32 Å². The second kappa shape index (κ2) is 5.22. The monoisotopic (exact) mass is 199 g/mol. The number of benzene rings is 1. The van der Waals surface area contributed by atoms with Crippen molar-refractivity contribution >= 4 is 11.6 Å². The van der Waals surface area contributed by atoms with E-state index in [-0.39, 0.29) is 6.10 Å². The highest BCUT2D eigenvalue weighted by Crippen LogP contribution is 2.18. The minimum Gasteiger partial charge on any atom is -0.375 e. The molecule has 2 nitrogen and oxygen atoms in total. The first-order valence-electron chi connectivity index (χ1n) is 4.20. The second-order valence-corrected chi connectivity index (χ2v) is 3.27. The first-order valence-corrected chi connectivity index (χ1v) is 4.58. The van der Waals surface area contributed by atoms with E-state index in [1.165, 1.54) is 0 Å². The standard InChI is InChI=1S/C10H14ClNO/c1-12-7-10(13-2)8-3-5-9(11)6-4-8/h3-6,10,12H,7H2,1-2H3/t10-/m1/s1. The molecule has 0 unspecified atom stereocenters. The Morgan fingerprint density at radius 2 is 2.00 bits per heavy atom. The summed E-state index contributed by atoms with van der Waals surface area (Å²) in [6, 6.07) is 7.71. The van der Waals surface area contributed by atoms with Crippen LogP contribution in [0.4, 0.5) is 0 Å². The van der Waals surface area contributed by atoms with Crippen molar-refractivity contribution in [1.29, 1.82) is 0 Å². The maximum atomic E-state index is 5.78. The third-order valence-electron chi connectivity index (χ3n) is 1.92. The Balaban J connectivity index is 2.73. The van der Waals surface area contributed by atoms with Gasteiger partial charge in [0.2, 0.25) is 0 Å². The van der Waals surface area contributed by atoms with E-state index < -0.39 is 0 Å². The smallest absolute Gasteiger partial charge is 0.0945 e. The van der Waals surface area contributed by atoms with Crippen LogP contribution in [0.2, 0.25) is 5.02 Å². The highest BCUT2D eigenvalue weighted by atomic mass is 35.5. The lowest BCUT2D eigenvalue weighted by atomic mass is 10.1. The average molecular weight is 200 g/mol. The maximum Gasteiger partial charge on any atom is 0.0945 e. The maximum absolute atomic E-state index is 5.78. The van der Waals surface area contributed by atoms with E-state index in [0.717, 1.165) is 17.1 Å². The molecule has 3 heteroatoms. The number of halogens is 1. The summed E-state index contributed by atoms with van der Waals surface area (Å²) < 4.78 is 5.31. The third-order valence-corrected chi connectivity index (χ3v) is 2.17. The van der Waals surface area contributed by atoms with Crippen LogP contribution in [0.5, 0.6) is 0 Å². The number of hydrogen-bond donors (Lipinski definition) is 1. The Hall–Kier alpha value is -0.570. The highest BCUT2D eigenvalue weighted by Gasteiger charge is 2.07. The van der Waals surface area contributed by atoms with Crippen LogP contribution < -0.4 is 5.32 Å². The molecule has 72 valence electrons. The van der Waals surface area contributed by atoms with Gasteiger partial charge in [0, 0.05) is 18.7 Å². The molecule has 0 aliphatic carbocycles. The van der Waals surface area contributed by atoms with Crippen molar-refractivity contribution in [3.05, 3.63) is 34.9 Å². The van der Waals surface area contributed by atoms with Crippen LogP contribution in [-0.2, 0) is 4.74 Å². The second-order valence-electron chi connectivity index (χ2n) is 2.83. The number of methoxy groups -OCH3 is 1. The van der Waals surface area contributed by atoms with E-state index in [0.29, 0.717) is 0 Å². The van der Waals surface area contributed by atoms with Crippen LogP contribution in [0.3, 0.4) is 0 Å². The Morgan fingerprint density at radius 1 is 1.38 bits per heavy atom. The van der Waals surface area contributed by atoms with Gasteiger partial charge in [-0.15, -0.1) is 0 Å². The Bertz CT molecular complexity index is 248. The summed E-state index contributed by atoms with van der Waals surface area (Å²) in [5, 5.41) is 3.83. The van der Waals surface area contributed by atoms with E-state index in [1.807, 2.05) is 31.3 Å². The molecular formula is C10H14ClNO. The van der Waals surface area contributed by atoms with Crippen molar-refractivity contribution in [3.63, 3.8) is 0 Å². The molecule has 1 N–H and O–H groups in total. The Kier molecular flexibility index (Phi) is 4.22. The molecule has 0 aliphatic heterocycles. The van der Waals surface area contributed by atoms with Crippen molar-refractivity contribution in [3.8, 4) is 0 Å². The summed E-state index contributed by atoms with van der Waals surface area (Å²) >= 11 is 5.78. The van der Waals surface area contributed by atoms with Crippen LogP contribution in [0, 0.1) is 0 Å². The summed E-state index contributed by atoms with van der Waals surface area (Å²) in [4.78, 5) is 0. The minimum atomic E-state index is 0.0993. The van der Waals surface area contributed by atoms with Crippen molar-refractivity contribution < 1.29 is 4.74 Å². The highest BCUT2D eigenvalue weighted by molar-refractivity contribution is 6.30. The molecule has 0 saturated carbocycles. The number of hydrogen-bond acceptors (Lipinski definition) is 2. The largest absolute Gasteiger partial charge is 0.375 e. The fraction of sp³-hybridized carbons (Fsp3) is 0.400. The molecule has 1 rings (SSSR count). The third kappa shape index (κ3) is 2.99. The summed E-state index contributed by atoms with van der Waals surface area (Å²) in [7, 11) is 3.61. The number of ether oxygens (including phenoxy) is 1. The SMILES string of the molecule is CNC[C@@H](OC)c1ccc(Cl)cc1. The van der Waals surface area contributed by atoms with Crippen molar-refractivity contribution in [1.82, 2.24) is 5.32 Å². The summed E-state index contributed by atoms with van der Waals surface area (Å²) in [5.41, 5.74) is 1.14. The lowest BCUT2D eigenvalue weighted by Gasteiger charge is -2.14. The molecule has 0 saturated heterocycles. The molecule has 0 bridgehead atoms. The zero-order chi connectivity index (χ0) is 9.68. The molecule has 1 aromatic rings. The van der Waals surface area contributed by atoms with E-state index >= 15 is 0 Å². The zero-order valence-corrected chi connectivity index (χ0v) is 8.64. The normalized spacial score (nSPS) is 12.8. The summed E-state index contributed by atoms with van der Waals surface area (Å²) in [5.74, 6) is 0. The molecule has 0 radical (unpaired) electrons. The van der Waals surface area contributed by atoms with Crippen molar-refractivity contribution in [2.75, 3.05) is 20.7 Å².